The van der Waals surface area contributed by atoms with Crippen LogP contribution in [0.15, 0.2) is 0 Å². The molecule has 2 rings (SSSR count). The summed E-state index contributed by atoms with van der Waals surface area (Å²) in [5.41, 5.74) is 0. The largest absolute Gasteiger partial charge is 0.450 e. The number of amides is 2. The number of hydrogen-bond acceptors (Lipinski definition) is 3. The molecule has 1 aliphatic heterocycles. The average Bonchev–Trinajstić information content (AvgIpc) is 2.93. The van der Waals surface area contributed by atoms with Crippen LogP contribution in [0.2, 0.25) is 0 Å². The Bertz CT molecular complexity index is 276. The molecule has 0 spiro atoms. The fourth-order valence-electron chi connectivity index (χ4n) is 1.91. The third-order valence-electron chi connectivity index (χ3n) is 2.74. The van der Waals surface area contributed by atoms with Crippen molar-refractivity contribution >= 4 is 12.0 Å². The number of carbonyl (C=O) groups excluding carboxylic acids is 2. The van der Waals surface area contributed by atoms with Crippen molar-refractivity contribution < 1.29 is 14.3 Å². The monoisotopic (exact) mass is 212 g/mol. The van der Waals surface area contributed by atoms with Crippen LogP contribution in [0.3, 0.4) is 0 Å². The maximum absolute atomic E-state index is 11.5. The van der Waals surface area contributed by atoms with Gasteiger partial charge in [-0.05, 0) is 19.8 Å². The van der Waals surface area contributed by atoms with Crippen LogP contribution in [0.25, 0.3) is 0 Å². The third kappa shape index (κ3) is 2.40. The lowest BCUT2D eigenvalue weighted by molar-refractivity contribution is -0.128. The Morgan fingerprint density at radius 2 is 2.33 bits per heavy atom. The predicted octanol–water partition coefficient (Wildman–Crippen LogP) is 0.496. The summed E-state index contributed by atoms with van der Waals surface area (Å²) in [6.07, 6.45) is 2.21. The van der Waals surface area contributed by atoms with Crippen molar-refractivity contribution in [3.63, 3.8) is 0 Å². The van der Waals surface area contributed by atoms with E-state index in [1.807, 2.05) is 4.90 Å². The third-order valence-corrected chi connectivity index (χ3v) is 2.74. The highest BCUT2D eigenvalue weighted by Gasteiger charge is 2.39. The molecule has 0 aromatic heterocycles. The maximum atomic E-state index is 11.5. The van der Waals surface area contributed by atoms with E-state index in [0.29, 0.717) is 25.6 Å². The summed E-state index contributed by atoms with van der Waals surface area (Å²) in [6, 6.07) is 0.364. The number of alkyl carbamates (subject to hydrolysis) is 1. The van der Waals surface area contributed by atoms with Gasteiger partial charge in [-0.1, -0.05) is 0 Å². The van der Waals surface area contributed by atoms with Crippen LogP contribution in [-0.2, 0) is 9.53 Å². The first kappa shape index (κ1) is 10.3. The van der Waals surface area contributed by atoms with Gasteiger partial charge in [0.15, 0.2) is 0 Å². The van der Waals surface area contributed by atoms with Crippen molar-refractivity contribution in [3.8, 4) is 0 Å². The average molecular weight is 212 g/mol. The quantitative estimate of drug-likeness (QED) is 0.741. The van der Waals surface area contributed by atoms with Crippen LogP contribution in [0.1, 0.15) is 26.2 Å². The van der Waals surface area contributed by atoms with E-state index in [2.05, 4.69) is 5.32 Å². The Hall–Kier alpha value is -1.26. The van der Waals surface area contributed by atoms with Gasteiger partial charge in [-0.3, -0.25) is 4.79 Å². The molecule has 5 heteroatoms. The molecule has 0 radical (unpaired) electrons. The number of nitrogens with zero attached hydrogens (tertiary/aromatic N) is 1. The van der Waals surface area contributed by atoms with Crippen molar-refractivity contribution in [3.05, 3.63) is 0 Å². The zero-order valence-electron chi connectivity index (χ0n) is 8.86. The minimum absolute atomic E-state index is 0.0721. The summed E-state index contributed by atoms with van der Waals surface area (Å²) in [5.74, 6) is 0.152. The van der Waals surface area contributed by atoms with Crippen molar-refractivity contribution in [2.24, 2.45) is 0 Å². The Balaban J connectivity index is 1.80. The molecule has 2 amide bonds. The van der Waals surface area contributed by atoms with Crippen LogP contribution in [0.5, 0.6) is 0 Å². The van der Waals surface area contributed by atoms with Crippen molar-refractivity contribution in [1.82, 2.24) is 10.2 Å². The zero-order chi connectivity index (χ0) is 10.8. The lowest BCUT2D eigenvalue weighted by Crippen LogP contribution is -2.37. The van der Waals surface area contributed by atoms with E-state index in [9.17, 15) is 9.59 Å². The first-order valence-corrected chi connectivity index (χ1v) is 5.43. The topological polar surface area (TPSA) is 58.6 Å². The van der Waals surface area contributed by atoms with Gasteiger partial charge in [0.1, 0.15) is 0 Å². The molecule has 1 heterocycles. The molecule has 1 aliphatic carbocycles. The second kappa shape index (κ2) is 4.08. The normalized spacial score (nSPS) is 25.5. The van der Waals surface area contributed by atoms with Gasteiger partial charge in [0.25, 0.3) is 0 Å². The van der Waals surface area contributed by atoms with E-state index in [1.54, 1.807) is 6.92 Å². The summed E-state index contributed by atoms with van der Waals surface area (Å²) in [5, 5.41) is 2.70. The smallest absolute Gasteiger partial charge is 0.407 e. The molecule has 2 fully saturated rings. The summed E-state index contributed by atoms with van der Waals surface area (Å²) < 4.78 is 4.77. The fourth-order valence-corrected chi connectivity index (χ4v) is 1.91. The molecule has 1 atom stereocenters. The van der Waals surface area contributed by atoms with Gasteiger partial charge >= 0.3 is 6.09 Å². The molecule has 0 bridgehead atoms. The summed E-state index contributed by atoms with van der Waals surface area (Å²) in [6.45, 7) is 2.76. The molecule has 0 aromatic rings. The van der Waals surface area contributed by atoms with E-state index in [0.717, 1.165) is 12.8 Å². The van der Waals surface area contributed by atoms with Gasteiger partial charge in [0.05, 0.1) is 12.6 Å². The van der Waals surface area contributed by atoms with E-state index in [4.69, 9.17) is 4.74 Å². The predicted molar refractivity (Wildman–Crippen MR) is 53.3 cm³/mol. The molecule has 0 aromatic carbocycles. The van der Waals surface area contributed by atoms with Crippen molar-refractivity contribution in [2.75, 3.05) is 13.2 Å². The van der Waals surface area contributed by atoms with Gasteiger partial charge in [0.2, 0.25) is 5.91 Å². The van der Waals surface area contributed by atoms with Crippen LogP contribution < -0.4 is 5.32 Å². The molecular formula is C10H16N2O3. The number of rotatable bonds is 3. The molecule has 1 saturated carbocycles. The highest BCUT2D eigenvalue weighted by atomic mass is 16.5. The zero-order valence-corrected chi connectivity index (χ0v) is 8.86. The Morgan fingerprint density at radius 3 is 2.93 bits per heavy atom. The van der Waals surface area contributed by atoms with Crippen LogP contribution in [-0.4, -0.2) is 42.1 Å². The second-order valence-corrected chi connectivity index (χ2v) is 4.04. The van der Waals surface area contributed by atoms with E-state index >= 15 is 0 Å². The van der Waals surface area contributed by atoms with E-state index in [-0.39, 0.29) is 11.9 Å². The van der Waals surface area contributed by atoms with Crippen LogP contribution >= 0.6 is 0 Å². The van der Waals surface area contributed by atoms with Crippen molar-refractivity contribution in [2.45, 2.75) is 38.3 Å². The molecule has 15 heavy (non-hydrogen) atoms. The molecular weight excluding hydrogens is 196 g/mol. The Kier molecular flexibility index (Phi) is 2.79. The number of carbonyl (C=O) groups is 2. The van der Waals surface area contributed by atoms with Gasteiger partial charge in [-0.15, -0.1) is 0 Å². The highest BCUT2D eigenvalue weighted by Crippen LogP contribution is 2.30. The summed E-state index contributed by atoms with van der Waals surface area (Å²) in [7, 11) is 0. The SMILES string of the molecule is CCOC(=O)N[C@@H]1CC(=O)N(C2CC2)C1. The summed E-state index contributed by atoms with van der Waals surface area (Å²) >= 11 is 0. The van der Waals surface area contributed by atoms with Gasteiger partial charge in [-0.2, -0.15) is 0 Å². The summed E-state index contributed by atoms with van der Waals surface area (Å²) in [4.78, 5) is 24.5. The first-order valence-electron chi connectivity index (χ1n) is 5.43. The lowest BCUT2D eigenvalue weighted by atomic mass is 10.3. The lowest BCUT2D eigenvalue weighted by Gasteiger charge is -2.15. The molecule has 1 saturated heterocycles. The van der Waals surface area contributed by atoms with E-state index in [1.165, 1.54) is 0 Å². The Morgan fingerprint density at radius 1 is 1.60 bits per heavy atom. The molecule has 2 aliphatic rings. The number of likely N-dealkylation sites (tertiary alicyclic amines) is 1. The number of nitrogens with one attached hydrogen (secondary N) is 1. The van der Waals surface area contributed by atoms with Gasteiger partial charge < -0.3 is 15.0 Å². The van der Waals surface area contributed by atoms with Crippen LogP contribution in [0.4, 0.5) is 4.79 Å². The highest BCUT2D eigenvalue weighted by molar-refractivity contribution is 5.81. The van der Waals surface area contributed by atoms with E-state index < -0.39 is 6.09 Å². The first-order chi connectivity index (χ1) is 7.20. The minimum atomic E-state index is -0.423. The number of hydrogen-bond donors (Lipinski definition) is 1. The Labute approximate surface area is 88.8 Å². The van der Waals surface area contributed by atoms with Crippen LogP contribution in [0, 0.1) is 0 Å². The number of ether oxygens (including phenoxy) is 1. The maximum Gasteiger partial charge on any atom is 0.407 e. The molecule has 5 nitrogen and oxygen atoms in total. The fraction of sp³-hybridized carbons (Fsp3) is 0.800. The molecule has 84 valence electrons. The van der Waals surface area contributed by atoms with Gasteiger partial charge in [0, 0.05) is 19.0 Å². The van der Waals surface area contributed by atoms with Gasteiger partial charge in [-0.25, -0.2) is 4.79 Å². The molecule has 0 unspecified atom stereocenters. The van der Waals surface area contributed by atoms with Crippen molar-refractivity contribution in [1.29, 1.82) is 0 Å². The standard InChI is InChI=1S/C10H16N2O3/c1-2-15-10(14)11-7-5-9(13)12(6-7)8-3-4-8/h7-8H,2-6H2,1H3,(H,11,14)/t7-/m1/s1. The molecule has 1 N–H and O–H groups in total. The minimum Gasteiger partial charge on any atom is -0.450 e. The second-order valence-electron chi connectivity index (χ2n) is 4.04.